The molecule has 0 spiro atoms. The van der Waals surface area contributed by atoms with E-state index in [0.29, 0.717) is 17.9 Å². The van der Waals surface area contributed by atoms with Crippen LogP contribution in [0.25, 0.3) is 0 Å². The molecule has 0 aromatic rings. The third kappa shape index (κ3) is 5.50. The van der Waals surface area contributed by atoms with Crippen LogP contribution in [-0.4, -0.2) is 39.0 Å². The first-order valence-corrected chi connectivity index (χ1v) is 6.10. The third-order valence-electron chi connectivity index (χ3n) is 2.77. The zero-order chi connectivity index (χ0) is 11.1. The number of hydrogen-bond acceptors (Lipinski definition) is 3. The lowest BCUT2D eigenvalue weighted by atomic mass is 9.97. The lowest BCUT2D eigenvalue weighted by molar-refractivity contribution is -0.0297. The van der Waals surface area contributed by atoms with Crippen LogP contribution in [0.2, 0.25) is 0 Å². The smallest absolute Gasteiger partial charge is 0.0726 e. The van der Waals surface area contributed by atoms with E-state index in [2.05, 4.69) is 26.1 Å². The Morgan fingerprint density at radius 1 is 1.33 bits per heavy atom. The van der Waals surface area contributed by atoms with Crippen molar-refractivity contribution in [1.29, 1.82) is 0 Å². The fourth-order valence-corrected chi connectivity index (χ4v) is 1.76. The Hall–Kier alpha value is -0.120. The molecule has 1 N–H and O–H groups in total. The van der Waals surface area contributed by atoms with E-state index >= 15 is 0 Å². The minimum Gasteiger partial charge on any atom is -0.379 e. The Balaban J connectivity index is 1.99. The van der Waals surface area contributed by atoms with E-state index in [9.17, 15) is 0 Å². The summed E-state index contributed by atoms with van der Waals surface area (Å²) >= 11 is 0. The summed E-state index contributed by atoms with van der Waals surface area (Å²) < 4.78 is 11.3. The molecule has 3 heteroatoms. The van der Waals surface area contributed by atoms with Crippen molar-refractivity contribution in [3.05, 3.63) is 0 Å². The highest BCUT2D eigenvalue weighted by Crippen LogP contribution is 2.14. The van der Waals surface area contributed by atoms with Crippen molar-refractivity contribution in [3.63, 3.8) is 0 Å². The molecule has 1 fully saturated rings. The second kappa shape index (κ2) is 7.20. The van der Waals surface area contributed by atoms with Crippen LogP contribution in [0, 0.1) is 11.8 Å². The fourth-order valence-electron chi connectivity index (χ4n) is 1.76. The molecular formula is C12H25NO2. The zero-order valence-corrected chi connectivity index (χ0v) is 10.3. The molecule has 0 radical (unpaired) electrons. The third-order valence-corrected chi connectivity index (χ3v) is 2.77. The quantitative estimate of drug-likeness (QED) is 0.684. The molecule has 0 aromatic carbocycles. The van der Waals surface area contributed by atoms with Crippen molar-refractivity contribution >= 4 is 0 Å². The average molecular weight is 215 g/mol. The fraction of sp³-hybridized carbons (Fsp3) is 1.00. The van der Waals surface area contributed by atoms with E-state index < -0.39 is 0 Å². The average Bonchev–Trinajstić information content (AvgIpc) is 2.20. The number of rotatable bonds is 6. The van der Waals surface area contributed by atoms with Crippen LogP contribution in [0.4, 0.5) is 0 Å². The number of ether oxygens (including phenoxy) is 2. The van der Waals surface area contributed by atoms with E-state index in [1.807, 2.05) is 0 Å². The molecule has 15 heavy (non-hydrogen) atoms. The van der Waals surface area contributed by atoms with Gasteiger partial charge in [-0.15, -0.1) is 0 Å². The molecule has 2 unspecified atom stereocenters. The summed E-state index contributed by atoms with van der Waals surface area (Å²) in [5.41, 5.74) is 0. The predicted molar refractivity (Wildman–Crippen MR) is 62.0 cm³/mol. The highest BCUT2D eigenvalue weighted by molar-refractivity contribution is 4.75. The summed E-state index contributed by atoms with van der Waals surface area (Å²) in [6, 6.07) is 0. The van der Waals surface area contributed by atoms with Crippen LogP contribution in [0.15, 0.2) is 0 Å². The molecule has 1 aliphatic rings. The molecule has 0 bridgehead atoms. The van der Waals surface area contributed by atoms with Gasteiger partial charge in [0.1, 0.15) is 0 Å². The van der Waals surface area contributed by atoms with Gasteiger partial charge < -0.3 is 14.8 Å². The molecule has 0 aliphatic carbocycles. The van der Waals surface area contributed by atoms with Crippen LogP contribution in [0.5, 0.6) is 0 Å². The van der Waals surface area contributed by atoms with Gasteiger partial charge in [-0.25, -0.2) is 0 Å². The maximum atomic E-state index is 5.79. The minimum absolute atomic E-state index is 0.376. The lowest BCUT2D eigenvalue weighted by Gasteiger charge is -2.29. The maximum absolute atomic E-state index is 5.79. The van der Waals surface area contributed by atoms with Crippen LogP contribution in [-0.2, 0) is 9.47 Å². The topological polar surface area (TPSA) is 30.5 Å². The van der Waals surface area contributed by atoms with Crippen molar-refractivity contribution in [2.75, 3.05) is 32.9 Å². The van der Waals surface area contributed by atoms with E-state index in [1.165, 1.54) is 6.42 Å². The van der Waals surface area contributed by atoms with E-state index in [0.717, 1.165) is 32.9 Å². The zero-order valence-electron chi connectivity index (χ0n) is 10.3. The van der Waals surface area contributed by atoms with Crippen LogP contribution >= 0.6 is 0 Å². The van der Waals surface area contributed by atoms with Gasteiger partial charge in [0.15, 0.2) is 0 Å². The highest BCUT2D eigenvalue weighted by atomic mass is 16.5. The first kappa shape index (κ1) is 12.9. The molecule has 1 rings (SSSR count). The Labute approximate surface area is 93.5 Å². The summed E-state index contributed by atoms with van der Waals surface area (Å²) in [6.45, 7) is 11.0. The molecule has 2 atom stereocenters. The number of hydrogen-bond donors (Lipinski definition) is 1. The predicted octanol–water partition coefficient (Wildman–Crippen LogP) is 1.67. The first-order valence-electron chi connectivity index (χ1n) is 6.10. The van der Waals surface area contributed by atoms with Crippen molar-refractivity contribution < 1.29 is 9.47 Å². The normalized spacial score (nSPS) is 27.2. The van der Waals surface area contributed by atoms with Gasteiger partial charge in [-0.3, -0.25) is 0 Å². The summed E-state index contributed by atoms with van der Waals surface area (Å²) in [4.78, 5) is 0. The maximum Gasteiger partial charge on any atom is 0.0726 e. The van der Waals surface area contributed by atoms with Crippen LogP contribution < -0.4 is 5.32 Å². The Morgan fingerprint density at radius 2 is 2.13 bits per heavy atom. The minimum atomic E-state index is 0.376. The molecule has 1 aliphatic heterocycles. The monoisotopic (exact) mass is 215 g/mol. The van der Waals surface area contributed by atoms with Crippen LogP contribution in [0.3, 0.4) is 0 Å². The second-order valence-corrected chi connectivity index (χ2v) is 4.85. The number of piperidine rings is 1. The summed E-state index contributed by atoms with van der Waals surface area (Å²) in [5.74, 6) is 1.29. The van der Waals surface area contributed by atoms with Gasteiger partial charge in [-0.1, -0.05) is 20.8 Å². The van der Waals surface area contributed by atoms with E-state index in [-0.39, 0.29) is 0 Å². The summed E-state index contributed by atoms with van der Waals surface area (Å²) in [7, 11) is 0. The van der Waals surface area contributed by atoms with Gasteiger partial charge in [0.2, 0.25) is 0 Å². The van der Waals surface area contributed by atoms with Gasteiger partial charge in [0, 0.05) is 13.2 Å². The molecule has 0 amide bonds. The van der Waals surface area contributed by atoms with Gasteiger partial charge in [0.05, 0.1) is 19.3 Å². The molecule has 1 heterocycles. The Morgan fingerprint density at radius 3 is 2.80 bits per heavy atom. The molecule has 0 saturated carbocycles. The molecule has 1 saturated heterocycles. The molecule has 0 aromatic heterocycles. The van der Waals surface area contributed by atoms with Gasteiger partial charge in [-0.2, -0.15) is 0 Å². The standard InChI is InChI=1S/C12H25NO2/c1-10(2)9-14-6-7-15-12-8-13-5-4-11(12)3/h10-13H,4-9H2,1-3H3. The van der Waals surface area contributed by atoms with Gasteiger partial charge in [-0.05, 0) is 24.8 Å². The van der Waals surface area contributed by atoms with Gasteiger partial charge >= 0.3 is 0 Å². The molecular weight excluding hydrogens is 190 g/mol. The SMILES string of the molecule is CC(C)COCCOC1CNCCC1C. The van der Waals surface area contributed by atoms with E-state index in [1.54, 1.807) is 0 Å². The highest BCUT2D eigenvalue weighted by Gasteiger charge is 2.20. The summed E-state index contributed by atoms with van der Waals surface area (Å²) in [5, 5.41) is 3.36. The molecule has 3 nitrogen and oxygen atoms in total. The van der Waals surface area contributed by atoms with Crippen molar-refractivity contribution in [2.45, 2.75) is 33.3 Å². The lowest BCUT2D eigenvalue weighted by Crippen LogP contribution is -2.41. The second-order valence-electron chi connectivity index (χ2n) is 4.85. The first-order chi connectivity index (χ1) is 7.20. The molecule has 90 valence electrons. The summed E-state index contributed by atoms with van der Waals surface area (Å²) in [6.07, 6.45) is 1.60. The Kier molecular flexibility index (Phi) is 6.22. The Bertz CT molecular complexity index is 162. The van der Waals surface area contributed by atoms with Crippen LogP contribution in [0.1, 0.15) is 27.2 Å². The van der Waals surface area contributed by atoms with Crippen molar-refractivity contribution in [1.82, 2.24) is 5.32 Å². The number of nitrogens with one attached hydrogen (secondary N) is 1. The van der Waals surface area contributed by atoms with E-state index in [4.69, 9.17) is 9.47 Å². The van der Waals surface area contributed by atoms with Crippen molar-refractivity contribution in [3.8, 4) is 0 Å². The largest absolute Gasteiger partial charge is 0.379 e. The van der Waals surface area contributed by atoms with Gasteiger partial charge in [0.25, 0.3) is 0 Å². The van der Waals surface area contributed by atoms with Crippen molar-refractivity contribution in [2.24, 2.45) is 11.8 Å².